The van der Waals surface area contributed by atoms with Gasteiger partial charge in [0.05, 0.1) is 5.60 Å². The van der Waals surface area contributed by atoms with E-state index in [1.807, 2.05) is 53.4 Å². The Morgan fingerprint density at radius 2 is 1.79 bits per heavy atom. The molecule has 1 unspecified atom stereocenters. The monoisotopic (exact) mass is 259 g/mol. The number of aromatic nitrogens is 1. The van der Waals surface area contributed by atoms with Crippen LogP contribution in [-0.4, -0.2) is 20.7 Å². The molecule has 4 nitrogen and oxygen atoms in total. The molecule has 0 amide bonds. The molecule has 1 aromatic heterocycles. The summed E-state index contributed by atoms with van der Waals surface area (Å²) >= 11 is 0. The Morgan fingerprint density at radius 3 is 2.32 bits per heavy atom. The molecule has 1 atom stereocenters. The van der Waals surface area contributed by atoms with E-state index in [9.17, 15) is 9.90 Å². The lowest BCUT2D eigenvalue weighted by atomic mass is 9.91. The number of benzene rings is 1. The van der Waals surface area contributed by atoms with Crippen LogP contribution in [0.25, 0.3) is 5.69 Å². The van der Waals surface area contributed by atoms with Crippen molar-refractivity contribution in [3.63, 3.8) is 0 Å². The van der Waals surface area contributed by atoms with Crippen LogP contribution in [0.3, 0.4) is 0 Å². The minimum Gasteiger partial charge on any atom is -0.481 e. The van der Waals surface area contributed by atoms with Gasteiger partial charge in [0, 0.05) is 24.5 Å². The first-order valence-corrected chi connectivity index (χ1v) is 6.17. The van der Waals surface area contributed by atoms with Gasteiger partial charge >= 0.3 is 5.97 Å². The molecule has 0 bridgehead atoms. The van der Waals surface area contributed by atoms with E-state index in [0.717, 1.165) is 11.3 Å². The number of carboxylic acids is 1. The fourth-order valence-electron chi connectivity index (χ4n) is 1.99. The number of nitrogens with zero attached hydrogens (tertiary/aromatic N) is 1. The number of aliphatic hydroxyl groups is 1. The highest BCUT2D eigenvalue weighted by atomic mass is 16.4. The molecule has 0 spiro atoms. The summed E-state index contributed by atoms with van der Waals surface area (Å²) in [6.07, 6.45) is 4.03. The van der Waals surface area contributed by atoms with Crippen LogP contribution in [0.1, 0.15) is 25.3 Å². The van der Waals surface area contributed by atoms with Gasteiger partial charge in [-0.3, -0.25) is 4.79 Å². The Labute approximate surface area is 111 Å². The molecule has 2 aromatic rings. The van der Waals surface area contributed by atoms with E-state index in [0.29, 0.717) is 0 Å². The van der Waals surface area contributed by atoms with E-state index in [4.69, 9.17) is 5.11 Å². The van der Waals surface area contributed by atoms with E-state index in [2.05, 4.69) is 0 Å². The molecule has 0 fully saturated rings. The summed E-state index contributed by atoms with van der Waals surface area (Å²) in [6.45, 7) is 1.64. The Balaban J connectivity index is 2.15. The van der Waals surface area contributed by atoms with Crippen molar-refractivity contribution in [2.75, 3.05) is 0 Å². The molecule has 0 saturated heterocycles. The van der Waals surface area contributed by atoms with Crippen molar-refractivity contribution >= 4 is 5.97 Å². The van der Waals surface area contributed by atoms with Crippen LogP contribution in [0.4, 0.5) is 0 Å². The lowest BCUT2D eigenvalue weighted by molar-refractivity contribution is -0.138. The molecular weight excluding hydrogens is 242 g/mol. The molecule has 1 heterocycles. The van der Waals surface area contributed by atoms with Gasteiger partial charge in [-0.1, -0.05) is 12.1 Å². The Kier molecular flexibility index (Phi) is 3.71. The maximum absolute atomic E-state index is 10.6. The molecule has 100 valence electrons. The molecule has 2 rings (SSSR count). The second-order valence-electron chi connectivity index (χ2n) is 4.80. The predicted octanol–water partition coefficient (Wildman–Crippen LogP) is 2.55. The first-order valence-electron chi connectivity index (χ1n) is 6.17. The maximum atomic E-state index is 10.6. The molecule has 0 aliphatic carbocycles. The standard InChI is InChI=1S/C15H17NO3/c1-15(19,9-8-14(17)18)12-4-6-13(7-5-12)16-10-2-3-11-16/h2-7,10-11,19H,8-9H2,1H3,(H,17,18). The maximum Gasteiger partial charge on any atom is 0.303 e. The second kappa shape index (κ2) is 5.28. The highest BCUT2D eigenvalue weighted by Crippen LogP contribution is 2.26. The Hall–Kier alpha value is -2.07. The van der Waals surface area contributed by atoms with Crippen LogP contribution in [-0.2, 0) is 10.4 Å². The van der Waals surface area contributed by atoms with Crippen molar-refractivity contribution in [1.82, 2.24) is 4.57 Å². The normalized spacial score (nSPS) is 14.0. The zero-order valence-electron chi connectivity index (χ0n) is 10.8. The number of aliphatic carboxylic acids is 1. The number of rotatable bonds is 5. The quantitative estimate of drug-likeness (QED) is 0.867. The summed E-state index contributed by atoms with van der Waals surface area (Å²) in [5.41, 5.74) is 0.612. The highest BCUT2D eigenvalue weighted by Gasteiger charge is 2.23. The molecule has 2 N–H and O–H groups in total. The lowest BCUT2D eigenvalue weighted by Gasteiger charge is -2.23. The zero-order valence-corrected chi connectivity index (χ0v) is 10.8. The van der Waals surface area contributed by atoms with Gasteiger partial charge in [-0.15, -0.1) is 0 Å². The van der Waals surface area contributed by atoms with Crippen LogP contribution in [0.15, 0.2) is 48.8 Å². The summed E-state index contributed by atoms with van der Waals surface area (Å²) in [5.74, 6) is -0.899. The number of carboxylic acid groups (broad SMARTS) is 1. The van der Waals surface area contributed by atoms with Gasteiger partial charge in [0.25, 0.3) is 0 Å². The second-order valence-corrected chi connectivity index (χ2v) is 4.80. The summed E-state index contributed by atoms with van der Waals surface area (Å²) in [4.78, 5) is 10.6. The smallest absolute Gasteiger partial charge is 0.303 e. The number of hydrogen-bond donors (Lipinski definition) is 2. The third kappa shape index (κ3) is 3.23. The van der Waals surface area contributed by atoms with E-state index in [-0.39, 0.29) is 12.8 Å². The highest BCUT2D eigenvalue weighted by molar-refractivity contribution is 5.66. The molecule has 0 aliphatic heterocycles. The van der Waals surface area contributed by atoms with Gasteiger partial charge in [-0.25, -0.2) is 0 Å². The third-order valence-electron chi connectivity index (χ3n) is 3.22. The molecule has 0 aliphatic rings. The van der Waals surface area contributed by atoms with Crippen molar-refractivity contribution in [2.24, 2.45) is 0 Å². The fourth-order valence-corrected chi connectivity index (χ4v) is 1.99. The summed E-state index contributed by atoms with van der Waals surface area (Å²) < 4.78 is 1.97. The molecule has 1 aromatic carbocycles. The van der Waals surface area contributed by atoms with Crippen LogP contribution in [0, 0.1) is 0 Å². The van der Waals surface area contributed by atoms with Crippen molar-refractivity contribution in [1.29, 1.82) is 0 Å². The van der Waals surface area contributed by atoms with E-state index >= 15 is 0 Å². The third-order valence-corrected chi connectivity index (χ3v) is 3.22. The Bertz CT molecular complexity index is 541. The minimum absolute atomic E-state index is 0.0493. The molecule has 0 radical (unpaired) electrons. The van der Waals surface area contributed by atoms with Gasteiger partial charge < -0.3 is 14.8 Å². The molecule has 0 saturated carbocycles. The summed E-state index contributed by atoms with van der Waals surface area (Å²) in [6, 6.07) is 11.4. The van der Waals surface area contributed by atoms with Crippen molar-refractivity contribution < 1.29 is 15.0 Å². The first kappa shape index (κ1) is 13.4. The lowest BCUT2D eigenvalue weighted by Crippen LogP contribution is -2.22. The number of hydrogen-bond acceptors (Lipinski definition) is 2. The number of carbonyl (C=O) groups is 1. The topological polar surface area (TPSA) is 62.5 Å². The summed E-state index contributed by atoms with van der Waals surface area (Å²) in [7, 11) is 0. The van der Waals surface area contributed by atoms with Crippen molar-refractivity contribution in [2.45, 2.75) is 25.4 Å². The van der Waals surface area contributed by atoms with Crippen LogP contribution < -0.4 is 0 Å². The van der Waals surface area contributed by atoms with Crippen LogP contribution in [0.2, 0.25) is 0 Å². The minimum atomic E-state index is -1.12. The fraction of sp³-hybridized carbons (Fsp3) is 0.267. The average molecular weight is 259 g/mol. The van der Waals surface area contributed by atoms with Gasteiger partial charge in [-0.2, -0.15) is 0 Å². The SMILES string of the molecule is CC(O)(CCC(=O)O)c1ccc(-n2cccc2)cc1. The van der Waals surface area contributed by atoms with Gasteiger partial charge in [0.2, 0.25) is 0 Å². The van der Waals surface area contributed by atoms with Gasteiger partial charge in [-0.05, 0) is 43.2 Å². The van der Waals surface area contributed by atoms with Crippen molar-refractivity contribution in [3.8, 4) is 5.69 Å². The molecular formula is C15H17NO3. The molecule has 4 heteroatoms. The van der Waals surface area contributed by atoms with Crippen LogP contribution >= 0.6 is 0 Å². The first-order chi connectivity index (χ1) is 8.99. The molecule has 19 heavy (non-hydrogen) atoms. The Morgan fingerprint density at radius 1 is 1.21 bits per heavy atom. The largest absolute Gasteiger partial charge is 0.481 e. The van der Waals surface area contributed by atoms with Crippen molar-refractivity contribution in [3.05, 3.63) is 54.4 Å². The van der Waals surface area contributed by atoms with E-state index < -0.39 is 11.6 Å². The average Bonchev–Trinajstić information content (AvgIpc) is 2.91. The van der Waals surface area contributed by atoms with E-state index in [1.54, 1.807) is 6.92 Å². The summed E-state index contributed by atoms with van der Waals surface area (Å²) in [5, 5.41) is 19.0. The van der Waals surface area contributed by atoms with Gasteiger partial charge in [0.1, 0.15) is 0 Å². The zero-order chi connectivity index (χ0) is 13.9. The van der Waals surface area contributed by atoms with Crippen LogP contribution in [0.5, 0.6) is 0 Å². The van der Waals surface area contributed by atoms with Gasteiger partial charge in [0.15, 0.2) is 0 Å². The predicted molar refractivity (Wildman–Crippen MR) is 72.2 cm³/mol. The van der Waals surface area contributed by atoms with E-state index in [1.165, 1.54) is 0 Å².